The Bertz CT molecular complexity index is 712. The SMILES string of the molecule is Cn1/c(=N/N)sc2cccc(S(=O)(=O)O)c21. The fourth-order valence-electron chi connectivity index (χ4n) is 1.50. The highest BCUT2D eigenvalue weighted by molar-refractivity contribution is 7.86. The van der Waals surface area contributed by atoms with Gasteiger partial charge in [-0.2, -0.15) is 13.5 Å². The number of aryl methyl sites for hydroxylation is 1. The zero-order valence-corrected chi connectivity index (χ0v) is 9.92. The maximum atomic E-state index is 11.2. The molecule has 0 aliphatic carbocycles. The molecule has 0 radical (unpaired) electrons. The van der Waals surface area contributed by atoms with E-state index in [1.54, 1.807) is 19.2 Å². The second-order valence-electron chi connectivity index (χ2n) is 3.15. The topological polar surface area (TPSA) is 97.7 Å². The third-order valence-corrected chi connectivity index (χ3v) is 4.17. The lowest BCUT2D eigenvalue weighted by atomic mass is 10.3. The van der Waals surface area contributed by atoms with Crippen LogP contribution in [0.1, 0.15) is 0 Å². The number of hydrogen-bond donors (Lipinski definition) is 2. The molecule has 2 rings (SSSR count). The Morgan fingerprint density at radius 1 is 1.50 bits per heavy atom. The van der Waals surface area contributed by atoms with E-state index in [1.165, 1.54) is 22.0 Å². The summed E-state index contributed by atoms with van der Waals surface area (Å²) in [5.41, 5.74) is 0.402. The fraction of sp³-hybridized carbons (Fsp3) is 0.125. The number of aromatic nitrogens is 1. The van der Waals surface area contributed by atoms with Gasteiger partial charge in [0.1, 0.15) is 4.90 Å². The van der Waals surface area contributed by atoms with Gasteiger partial charge in [-0.25, -0.2) is 0 Å². The number of para-hydroxylation sites is 1. The first kappa shape index (κ1) is 11.1. The second kappa shape index (κ2) is 3.58. The number of thiazole rings is 1. The minimum Gasteiger partial charge on any atom is -0.320 e. The van der Waals surface area contributed by atoms with Crippen molar-refractivity contribution in [2.75, 3.05) is 0 Å². The van der Waals surface area contributed by atoms with Gasteiger partial charge >= 0.3 is 0 Å². The quantitative estimate of drug-likeness (QED) is 0.436. The van der Waals surface area contributed by atoms with Crippen LogP contribution in [0.15, 0.2) is 28.2 Å². The summed E-state index contributed by atoms with van der Waals surface area (Å²) in [7, 11) is -2.61. The number of nitrogens with zero attached hydrogens (tertiary/aromatic N) is 2. The Kier molecular flexibility index (Phi) is 2.49. The van der Waals surface area contributed by atoms with Crippen molar-refractivity contribution in [1.82, 2.24) is 4.57 Å². The maximum absolute atomic E-state index is 11.2. The molecule has 3 N–H and O–H groups in total. The van der Waals surface area contributed by atoms with Crippen LogP contribution < -0.4 is 10.6 Å². The van der Waals surface area contributed by atoms with Crippen LogP contribution in [0, 0.1) is 0 Å². The van der Waals surface area contributed by atoms with E-state index < -0.39 is 10.1 Å². The highest BCUT2D eigenvalue weighted by atomic mass is 32.2. The normalized spacial score (nSPS) is 13.5. The molecule has 0 fully saturated rings. The maximum Gasteiger partial charge on any atom is 0.296 e. The molecule has 6 nitrogen and oxygen atoms in total. The average molecular weight is 259 g/mol. The van der Waals surface area contributed by atoms with E-state index in [0.29, 0.717) is 15.0 Å². The summed E-state index contributed by atoms with van der Waals surface area (Å²) in [4.78, 5) is 0.338. The molecule has 0 saturated heterocycles. The molecule has 0 bridgehead atoms. The van der Waals surface area contributed by atoms with Crippen LogP contribution in [-0.4, -0.2) is 17.5 Å². The van der Waals surface area contributed by atoms with Gasteiger partial charge in [0.15, 0.2) is 0 Å². The number of nitrogens with two attached hydrogens (primary N) is 1. The Labute approximate surface area is 95.4 Å². The molecule has 1 heterocycles. The van der Waals surface area contributed by atoms with Gasteiger partial charge in [-0.05, 0) is 12.1 Å². The minimum atomic E-state index is -4.24. The van der Waals surface area contributed by atoms with E-state index in [2.05, 4.69) is 5.10 Å². The Hall–Kier alpha value is -1.38. The molecule has 86 valence electrons. The molecular weight excluding hydrogens is 250 g/mol. The number of hydrogen-bond acceptors (Lipinski definition) is 5. The number of benzene rings is 1. The van der Waals surface area contributed by atoms with Crippen LogP contribution in [0.5, 0.6) is 0 Å². The molecule has 16 heavy (non-hydrogen) atoms. The van der Waals surface area contributed by atoms with Gasteiger partial charge in [-0.3, -0.25) is 4.55 Å². The van der Waals surface area contributed by atoms with E-state index in [-0.39, 0.29) is 4.90 Å². The monoisotopic (exact) mass is 259 g/mol. The Morgan fingerprint density at radius 3 is 2.75 bits per heavy atom. The molecule has 0 aliphatic heterocycles. The Morgan fingerprint density at radius 2 is 2.19 bits per heavy atom. The van der Waals surface area contributed by atoms with Crippen molar-refractivity contribution in [3.63, 3.8) is 0 Å². The molecule has 0 aliphatic rings. The molecule has 0 atom stereocenters. The van der Waals surface area contributed by atoms with Crippen LogP contribution in [0.3, 0.4) is 0 Å². The van der Waals surface area contributed by atoms with Crippen LogP contribution >= 0.6 is 11.3 Å². The van der Waals surface area contributed by atoms with E-state index in [1.807, 2.05) is 0 Å². The smallest absolute Gasteiger partial charge is 0.296 e. The molecule has 0 saturated carbocycles. The molecule has 0 spiro atoms. The van der Waals surface area contributed by atoms with Crippen LogP contribution in [0.25, 0.3) is 10.2 Å². The standard InChI is InChI=1S/C8H9N3O3S2/c1-11-7-5(15-8(11)10-9)3-2-4-6(7)16(12,13)14/h2-4H,9H2,1H3,(H,12,13,14)/b10-8-. The van der Waals surface area contributed by atoms with Gasteiger partial charge in [0.25, 0.3) is 10.1 Å². The molecular formula is C8H9N3O3S2. The molecule has 1 aromatic heterocycles. The largest absolute Gasteiger partial charge is 0.320 e. The van der Waals surface area contributed by atoms with Gasteiger partial charge in [-0.15, -0.1) is 0 Å². The second-order valence-corrected chi connectivity index (χ2v) is 5.55. The Balaban J connectivity index is 3.04. The first-order valence-electron chi connectivity index (χ1n) is 4.25. The van der Waals surface area contributed by atoms with Crippen molar-refractivity contribution in [2.45, 2.75) is 4.90 Å². The predicted octanol–water partition coefficient (Wildman–Crippen LogP) is 0.261. The minimum absolute atomic E-state index is 0.140. The summed E-state index contributed by atoms with van der Waals surface area (Å²) in [6.45, 7) is 0. The lowest BCUT2D eigenvalue weighted by Crippen LogP contribution is -2.13. The number of fused-ring (bicyclic) bond motifs is 1. The summed E-state index contributed by atoms with van der Waals surface area (Å²) >= 11 is 1.25. The van der Waals surface area contributed by atoms with E-state index >= 15 is 0 Å². The van der Waals surface area contributed by atoms with E-state index in [9.17, 15) is 8.42 Å². The van der Waals surface area contributed by atoms with E-state index in [4.69, 9.17) is 10.4 Å². The third kappa shape index (κ3) is 1.60. The lowest BCUT2D eigenvalue weighted by molar-refractivity contribution is 0.483. The highest BCUT2D eigenvalue weighted by Gasteiger charge is 2.17. The van der Waals surface area contributed by atoms with Gasteiger partial charge < -0.3 is 10.4 Å². The molecule has 8 heteroatoms. The van der Waals surface area contributed by atoms with Crippen molar-refractivity contribution in [1.29, 1.82) is 0 Å². The van der Waals surface area contributed by atoms with Crippen molar-refractivity contribution in [3.05, 3.63) is 23.0 Å². The summed E-state index contributed by atoms with van der Waals surface area (Å²) < 4.78 is 33.7. The van der Waals surface area contributed by atoms with Gasteiger partial charge in [0, 0.05) is 7.05 Å². The number of rotatable bonds is 1. The van der Waals surface area contributed by atoms with Gasteiger partial charge in [0.05, 0.1) is 10.2 Å². The highest BCUT2D eigenvalue weighted by Crippen LogP contribution is 2.23. The zero-order valence-electron chi connectivity index (χ0n) is 8.28. The molecule has 0 unspecified atom stereocenters. The van der Waals surface area contributed by atoms with Gasteiger partial charge in [-0.1, -0.05) is 17.4 Å². The molecule has 2 aromatic rings. The first-order valence-corrected chi connectivity index (χ1v) is 6.51. The van der Waals surface area contributed by atoms with Crippen molar-refractivity contribution >= 4 is 31.7 Å². The van der Waals surface area contributed by atoms with Crippen molar-refractivity contribution in [2.24, 2.45) is 18.0 Å². The summed E-state index contributed by atoms with van der Waals surface area (Å²) in [6, 6.07) is 4.64. The predicted molar refractivity (Wildman–Crippen MR) is 60.4 cm³/mol. The third-order valence-electron chi connectivity index (χ3n) is 2.17. The fourth-order valence-corrected chi connectivity index (χ4v) is 3.27. The van der Waals surface area contributed by atoms with Gasteiger partial charge in [0.2, 0.25) is 4.80 Å². The van der Waals surface area contributed by atoms with Crippen molar-refractivity contribution < 1.29 is 13.0 Å². The zero-order chi connectivity index (χ0) is 11.9. The summed E-state index contributed by atoms with van der Waals surface area (Å²) in [5, 5.41) is 3.54. The average Bonchev–Trinajstić information content (AvgIpc) is 2.54. The van der Waals surface area contributed by atoms with E-state index in [0.717, 1.165) is 0 Å². The van der Waals surface area contributed by atoms with Crippen LogP contribution in [0.2, 0.25) is 0 Å². The molecule has 0 amide bonds. The van der Waals surface area contributed by atoms with Crippen molar-refractivity contribution in [3.8, 4) is 0 Å². The summed E-state index contributed by atoms with van der Waals surface area (Å²) in [5.74, 6) is 5.18. The first-order chi connectivity index (χ1) is 7.45. The van der Waals surface area contributed by atoms with Crippen LogP contribution in [-0.2, 0) is 17.2 Å². The summed E-state index contributed by atoms with van der Waals surface area (Å²) in [6.07, 6.45) is 0. The molecule has 1 aromatic carbocycles. The lowest BCUT2D eigenvalue weighted by Gasteiger charge is -2.01. The van der Waals surface area contributed by atoms with Crippen LogP contribution in [0.4, 0.5) is 0 Å².